The highest BCUT2D eigenvalue weighted by Crippen LogP contribution is 2.29. The van der Waals surface area contributed by atoms with Crippen LogP contribution < -0.4 is 9.47 Å². The molecule has 3 rings (SSSR count). The minimum atomic E-state index is -0.527. The Labute approximate surface area is 174 Å². The van der Waals surface area contributed by atoms with E-state index in [0.717, 1.165) is 17.5 Å². The van der Waals surface area contributed by atoms with Gasteiger partial charge in [-0.1, -0.05) is 18.1 Å². The van der Waals surface area contributed by atoms with Crippen LogP contribution in [0, 0.1) is 0 Å². The van der Waals surface area contributed by atoms with Crippen molar-refractivity contribution in [1.29, 1.82) is 0 Å². The molecule has 156 valence electrons. The van der Waals surface area contributed by atoms with Crippen LogP contribution >= 0.6 is 0 Å². The van der Waals surface area contributed by atoms with Gasteiger partial charge in [0, 0.05) is 24.0 Å². The zero-order valence-electron chi connectivity index (χ0n) is 16.9. The van der Waals surface area contributed by atoms with Gasteiger partial charge in [0.05, 0.1) is 13.2 Å². The number of pyridine rings is 1. The van der Waals surface area contributed by atoms with E-state index in [4.69, 9.17) is 18.7 Å². The third-order valence-corrected chi connectivity index (χ3v) is 3.87. The Balaban J connectivity index is 1.57. The van der Waals surface area contributed by atoms with Crippen LogP contribution in [-0.4, -0.2) is 34.3 Å². The predicted octanol–water partition coefficient (Wildman–Crippen LogP) is 4.08. The van der Waals surface area contributed by atoms with E-state index in [1.54, 1.807) is 24.5 Å². The highest BCUT2D eigenvalue weighted by molar-refractivity contribution is 5.87. The van der Waals surface area contributed by atoms with E-state index < -0.39 is 5.97 Å². The van der Waals surface area contributed by atoms with E-state index in [0.29, 0.717) is 30.5 Å². The molecule has 30 heavy (non-hydrogen) atoms. The monoisotopic (exact) mass is 409 g/mol. The largest absolute Gasteiger partial charge is 0.490 e. The first-order chi connectivity index (χ1) is 14.7. The fourth-order valence-corrected chi connectivity index (χ4v) is 2.50. The fourth-order valence-electron chi connectivity index (χ4n) is 2.50. The molecule has 0 aliphatic carbocycles. The van der Waals surface area contributed by atoms with Crippen LogP contribution in [0.15, 0.2) is 53.3 Å². The summed E-state index contributed by atoms with van der Waals surface area (Å²) in [6, 6.07) is 9.07. The summed E-state index contributed by atoms with van der Waals surface area (Å²) in [5.74, 6) is 1.38. The molecule has 0 aliphatic heterocycles. The van der Waals surface area contributed by atoms with Gasteiger partial charge in [-0.05, 0) is 49.2 Å². The number of aromatic nitrogens is 3. The second-order valence-electron chi connectivity index (χ2n) is 6.18. The van der Waals surface area contributed by atoms with Crippen molar-refractivity contribution in [1.82, 2.24) is 15.1 Å². The molecule has 0 saturated heterocycles. The van der Waals surface area contributed by atoms with Crippen molar-refractivity contribution in [3.63, 3.8) is 0 Å². The lowest BCUT2D eigenvalue weighted by Crippen LogP contribution is -2.01. The molecule has 0 radical (unpaired) electrons. The Morgan fingerprint density at radius 2 is 2.07 bits per heavy atom. The first-order valence-electron chi connectivity index (χ1n) is 9.67. The normalized spacial score (nSPS) is 10.9. The lowest BCUT2D eigenvalue weighted by Gasteiger charge is -2.11. The maximum atomic E-state index is 12.0. The fraction of sp³-hybridized carbons (Fsp3) is 0.273. The van der Waals surface area contributed by atoms with Crippen LogP contribution in [0.25, 0.3) is 17.5 Å². The van der Waals surface area contributed by atoms with Crippen molar-refractivity contribution < 1.29 is 23.5 Å². The molecule has 0 amide bonds. The van der Waals surface area contributed by atoms with Crippen molar-refractivity contribution >= 4 is 12.0 Å². The van der Waals surface area contributed by atoms with Crippen molar-refractivity contribution in [3.8, 4) is 22.9 Å². The number of carbonyl (C=O) groups excluding carboxylic acids is 1. The van der Waals surface area contributed by atoms with Crippen molar-refractivity contribution in [3.05, 3.63) is 60.3 Å². The predicted molar refractivity (Wildman–Crippen MR) is 110 cm³/mol. The van der Waals surface area contributed by atoms with Gasteiger partial charge in [0.1, 0.15) is 0 Å². The second kappa shape index (κ2) is 10.8. The maximum Gasteiger partial charge on any atom is 0.331 e. The Morgan fingerprint density at radius 3 is 2.83 bits per heavy atom. The summed E-state index contributed by atoms with van der Waals surface area (Å²) in [6.07, 6.45) is 7.16. The van der Waals surface area contributed by atoms with Gasteiger partial charge in [-0.15, -0.1) is 0 Å². The number of rotatable bonds is 10. The molecule has 3 aromatic rings. The molecular weight excluding hydrogens is 386 g/mol. The molecule has 1 aromatic carbocycles. The van der Waals surface area contributed by atoms with Gasteiger partial charge in [0.15, 0.2) is 18.1 Å². The minimum absolute atomic E-state index is 0.121. The third-order valence-electron chi connectivity index (χ3n) is 3.87. The molecule has 0 fully saturated rings. The summed E-state index contributed by atoms with van der Waals surface area (Å²) in [4.78, 5) is 20.2. The zero-order chi connectivity index (χ0) is 21.2. The lowest BCUT2D eigenvalue weighted by molar-refractivity contribution is -0.139. The molecule has 8 heteroatoms. The Kier molecular flexibility index (Phi) is 7.54. The number of hydrogen-bond acceptors (Lipinski definition) is 8. The summed E-state index contributed by atoms with van der Waals surface area (Å²) in [5, 5.41) is 3.85. The number of benzene rings is 1. The van der Waals surface area contributed by atoms with Crippen molar-refractivity contribution in [2.75, 3.05) is 13.2 Å². The summed E-state index contributed by atoms with van der Waals surface area (Å²) < 4.78 is 21.6. The number of carbonyl (C=O) groups is 1. The average molecular weight is 409 g/mol. The van der Waals surface area contributed by atoms with Crippen LogP contribution in [0.4, 0.5) is 0 Å². The maximum absolute atomic E-state index is 12.0. The minimum Gasteiger partial charge on any atom is -0.490 e. The zero-order valence-corrected chi connectivity index (χ0v) is 16.9. The van der Waals surface area contributed by atoms with Gasteiger partial charge in [0.25, 0.3) is 5.89 Å². The van der Waals surface area contributed by atoms with E-state index in [2.05, 4.69) is 15.1 Å². The summed E-state index contributed by atoms with van der Waals surface area (Å²) in [6.45, 7) is 4.95. The molecule has 0 atom stereocenters. The summed E-state index contributed by atoms with van der Waals surface area (Å²) in [7, 11) is 0. The molecule has 2 heterocycles. The number of esters is 1. The van der Waals surface area contributed by atoms with Gasteiger partial charge in [-0.2, -0.15) is 4.98 Å². The van der Waals surface area contributed by atoms with E-state index in [-0.39, 0.29) is 12.5 Å². The standard InChI is InChI=1S/C22H23N3O5/c1-3-12-28-18-9-7-16(13-19(18)27-4-2)8-10-21(26)29-15-20-24-22(25-30-20)17-6-5-11-23-14-17/h5-11,13-14H,3-4,12,15H2,1-2H3/b10-8+. The molecular formula is C22H23N3O5. The van der Waals surface area contributed by atoms with Gasteiger partial charge >= 0.3 is 5.97 Å². The molecule has 8 nitrogen and oxygen atoms in total. The Hall–Kier alpha value is -3.68. The first kappa shape index (κ1) is 21.0. The molecule has 2 aromatic heterocycles. The number of hydrogen-bond donors (Lipinski definition) is 0. The highest BCUT2D eigenvalue weighted by atomic mass is 16.6. The van der Waals surface area contributed by atoms with Gasteiger partial charge in [0.2, 0.25) is 5.82 Å². The summed E-state index contributed by atoms with van der Waals surface area (Å²) >= 11 is 0. The topological polar surface area (TPSA) is 96.6 Å². The molecule has 0 unspecified atom stereocenters. The second-order valence-corrected chi connectivity index (χ2v) is 6.18. The molecule has 0 N–H and O–H groups in total. The lowest BCUT2D eigenvalue weighted by atomic mass is 10.2. The SMILES string of the molecule is CCCOc1ccc(/C=C/C(=O)OCc2nc(-c3cccnc3)no2)cc1OCC. The Morgan fingerprint density at radius 1 is 1.17 bits per heavy atom. The summed E-state index contributed by atoms with van der Waals surface area (Å²) in [5.41, 5.74) is 1.51. The smallest absolute Gasteiger partial charge is 0.331 e. The van der Waals surface area contributed by atoms with Gasteiger partial charge in [-0.25, -0.2) is 4.79 Å². The molecule has 0 aliphatic rings. The Bertz CT molecular complexity index is 985. The van der Waals surface area contributed by atoms with Crippen LogP contribution in [0.2, 0.25) is 0 Å². The van der Waals surface area contributed by atoms with Gasteiger partial charge in [-0.3, -0.25) is 4.98 Å². The van der Waals surface area contributed by atoms with Crippen LogP contribution in [0.1, 0.15) is 31.7 Å². The van der Waals surface area contributed by atoms with E-state index >= 15 is 0 Å². The number of nitrogens with zero attached hydrogens (tertiary/aromatic N) is 3. The van der Waals surface area contributed by atoms with Crippen molar-refractivity contribution in [2.45, 2.75) is 26.9 Å². The quantitative estimate of drug-likeness (QED) is 0.365. The average Bonchev–Trinajstić information content (AvgIpc) is 3.25. The van der Waals surface area contributed by atoms with E-state index in [9.17, 15) is 4.79 Å². The van der Waals surface area contributed by atoms with Crippen molar-refractivity contribution in [2.24, 2.45) is 0 Å². The van der Waals surface area contributed by atoms with Crippen LogP contribution in [-0.2, 0) is 16.1 Å². The van der Waals surface area contributed by atoms with Gasteiger partial charge < -0.3 is 18.7 Å². The molecule has 0 bridgehead atoms. The third kappa shape index (κ3) is 5.91. The van der Waals surface area contributed by atoms with E-state index in [1.807, 2.05) is 38.1 Å². The first-order valence-corrected chi connectivity index (χ1v) is 9.67. The van der Waals surface area contributed by atoms with E-state index in [1.165, 1.54) is 6.08 Å². The highest BCUT2D eigenvalue weighted by Gasteiger charge is 2.10. The number of ether oxygens (including phenoxy) is 3. The molecule has 0 saturated carbocycles. The van der Waals surface area contributed by atoms with Crippen LogP contribution in [0.3, 0.4) is 0 Å². The molecule has 0 spiro atoms. The van der Waals surface area contributed by atoms with Crippen LogP contribution in [0.5, 0.6) is 11.5 Å².